The number of aryl methyl sites for hydroxylation is 1. The molecule has 18 heavy (non-hydrogen) atoms. The fourth-order valence-electron chi connectivity index (χ4n) is 1.96. The van der Waals surface area contributed by atoms with Crippen molar-refractivity contribution in [3.8, 4) is 0 Å². The van der Waals surface area contributed by atoms with Crippen molar-refractivity contribution >= 4 is 11.3 Å². The lowest BCUT2D eigenvalue weighted by Gasteiger charge is -2.06. The fraction of sp³-hybridized carbons (Fsp3) is 0.786. The molecule has 102 valence electrons. The summed E-state index contributed by atoms with van der Waals surface area (Å²) in [7, 11) is 4.24. The van der Waals surface area contributed by atoms with E-state index in [9.17, 15) is 0 Å². The summed E-state index contributed by atoms with van der Waals surface area (Å²) in [5.41, 5.74) is 1.34. The lowest BCUT2D eigenvalue weighted by atomic mass is 10.2. The quantitative estimate of drug-likeness (QED) is 0.784. The van der Waals surface area contributed by atoms with Crippen molar-refractivity contribution < 1.29 is 0 Å². The van der Waals surface area contributed by atoms with Gasteiger partial charge >= 0.3 is 0 Å². The minimum Gasteiger partial charge on any atom is -0.309 e. The Bertz CT molecular complexity index is 369. The highest BCUT2D eigenvalue weighted by molar-refractivity contribution is 7.11. The van der Waals surface area contributed by atoms with E-state index in [0.717, 1.165) is 32.0 Å². The summed E-state index contributed by atoms with van der Waals surface area (Å²) in [6.45, 7) is 4.35. The Hall–Kier alpha value is -0.450. The number of aromatic nitrogens is 1. The molecule has 0 amide bonds. The Balaban J connectivity index is 1.95. The van der Waals surface area contributed by atoms with E-state index in [1.54, 1.807) is 0 Å². The molecule has 0 bridgehead atoms. The second kappa shape index (κ2) is 6.64. The summed E-state index contributed by atoms with van der Waals surface area (Å²) in [5.74, 6) is 0. The molecule has 0 saturated heterocycles. The minimum atomic E-state index is 0.784. The van der Waals surface area contributed by atoms with Gasteiger partial charge in [-0.3, -0.25) is 0 Å². The van der Waals surface area contributed by atoms with Crippen molar-refractivity contribution in [1.82, 2.24) is 15.2 Å². The van der Waals surface area contributed by atoms with E-state index in [2.05, 4.69) is 31.2 Å². The van der Waals surface area contributed by atoms with Gasteiger partial charge in [-0.25, -0.2) is 4.98 Å². The Morgan fingerprint density at radius 2 is 2.11 bits per heavy atom. The second-order valence-electron chi connectivity index (χ2n) is 5.44. The van der Waals surface area contributed by atoms with Crippen molar-refractivity contribution in [3.63, 3.8) is 0 Å². The molecule has 1 saturated carbocycles. The highest BCUT2D eigenvalue weighted by Crippen LogP contribution is 2.24. The minimum absolute atomic E-state index is 0.784. The zero-order chi connectivity index (χ0) is 13.0. The van der Waals surface area contributed by atoms with E-state index < -0.39 is 0 Å². The number of thiazole rings is 1. The Morgan fingerprint density at radius 1 is 1.33 bits per heavy atom. The maximum absolute atomic E-state index is 4.82. The van der Waals surface area contributed by atoms with Gasteiger partial charge < -0.3 is 10.2 Å². The van der Waals surface area contributed by atoms with Gasteiger partial charge in [0.15, 0.2) is 0 Å². The third-order valence-corrected chi connectivity index (χ3v) is 4.37. The molecule has 4 heteroatoms. The van der Waals surface area contributed by atoms with Crippen molar-refractivity contribution in [2.75, 3.05) is 20.6 Å². The highest BCUT2D eigenvalue weighted by atomic mass is 32.1. The van der Waals surface area contributed by atoms with E-state index in [4.69, 9.17) is 4.98 Å². The summed E-state index contributed by atoms with van der Waals surface area (Å²) in [6, 6.07) is 0.784. The van der Waals surface area contributed by atoms with Crippen molar-refractivity contribution in [3.05, 3.63) is 15.6 Å². The van der Waals surface area contributed by atoms with E-state index in [1.807, 2.05) is 11.3 Å². The van der Waals surface area contributed by atoms with E-state index in [0.29, 0.717) is 0 Å². The normalized spacial score (nSPS) is 15.6. The molecule has 0 unspecified atom stereocenters. The average molecular weight is 267 g/mol. The average Bonchev–Trinajstić information content (AvgIpc) is 3.07. The largest absolute Gasteiger partial charge is 0.309 e. The van der Waals surface area contributed by atoms with E-state index in [1.165, 1.54) is 34.8 Å². The van der Waals surface area contributed by atoms with Crippen LogP contribution in [-0.2, 0) is 19.4 Å². The molecule has 0 atom stereocenters. The number of nitrogens with zero attached hydrogens (tertiary/aromatic N) is 2. The third-order valence-electron chi connectivity index (χ3n) is 3.21. The van der Waals surface area contributed by atoms with Gasteiger partial charge in [0.05, 0.1) is 10.7 Å². The molecule has 0 aromatic carbocycles. The van der Waals surface area contributed by atoms with Crippen LogP contribution in [0.5, 0.6) is 0 Å². The molecule has 1 aromatic rings. The number of hydrogen-bond acceptors (Lipinski definition) is 4. The zero-order valence-electron chi connectivity index (χ0n) is 11.8. The molecule has 0 aliphatic heterocycles. The summed E-state index contributed by atoms with van der Waals surface area (Å²) in [6.07, 6.45) is 6.11. The third kappa shape index (κ3) is 4.34. The number of hydrogen-bond donors (Lipinski definition) is 1. The van der Waals surface area contributed by atoms with Crippen LogP contribution < -0.4 is 5.32 Å². The maximum Gasteiger partial charge on any atom is 0.0944 e. The molecule has 0 radical (unpaired) electrons. The Labute approximate surface area is 115 Å². The summed E-state index contributed by atoms with van der Waals surface area (Å²) < 4.78 is 0. The Kier molecular flexibility index (Phi) is 5.15. The molecule has 0 spiro atoms. The molecule has 1 fully saturated rings. The van der Waals surface area contributed by atoms with Crippen LogP contribution in [0.25, 0.3) is 0 Å². The van der Waals surface area contributed by atoms with Crippen LogP contribution in [0.15, 0.2) is 0 Å². The van der Waals surface area contributed by atoms with Crippen LogP contribution in [0, 0.1) is 0 Å². The Morgan fingerprint density at radius 3 is 2.72 bits per heavy atom. The summed E-state index contributed by atoms with van der Waals surface area (Å²) >= 11 is 1.91. The number of nitrogens with one attached hydrogen (secondary N) is 1. The lowest BCUT2D eigenvalue weighted by Crippen LogP contribution is -2.15. The van der Waals surface area contributed by atoms with Crippen LogP contribution in [0.4, 0.5) is 0 Å². The van der Waals surface area contributed by atoms with Crippen molar-refractivity contribution in [2.45, 2.75) is 51.6 Å². The maximum atomic E-state index is 4.82. The van der Waals surface area contributed by atoms with Crippen LogP contribution in [0.3, 0.4) is 0 Å². The first-order valence-corrected chi connectivity index (χ1v) is 7.86. The molecular weight excluding hydrogens is 242 g/mol. The number of rotatable bonds is 8. The summed E-state index contributed by atoms with van der Waals surface area (Å²) in [5, 5.41) is 4.92. The smallest absolute Gasteiger partial charge is 0.0944 e. The van der Waals surface area contributed by atoms with Gasteiger partial charge in [-0.2, -0.15) is 0 Å². The van der Waals surface area contributed by atoms with Gasteiger partial charge in [0.1, 0.15) is 0 Å². The molecule has 1 N–H and O–H groups in total. The topological polar surface area (TPSA) is 28.2 Å². The van der Waals surface area contributed by atoms with Gasteiger partial charge in [-0.05, 0) is 33.4 Å². The van der Waals surface area contributed by atoms with Gasteiger partial charge in [-0.15, -0.1) is 11.3 Å². The first-order chi connectivity index (χ1) is 8.69. The predicted molar refractivity (Wildman–Crippen MR) is 78.2 cm³/mol. The lowest BCUT2D eigenvalue weighted by molar-refractivity contribution is 0.413. The summed E-state index contributed by atoms with van der Waals surface area (Å²) in [4.78, 5) is 8.52. The van der Waals surface area contributed by atoms with Gasteiger partial charge in [0.25, 0.3) is 0 Å². The molecule has 2 rings (SSSR count). The number of likely N-dealkylation sites (N-methyl/N-ethyl adjacent to an activating group) is 1. The molecule has 1 aromatic heterocycles. The van der Waals surface area contributed by atoms with Crippen molar-refractivity contribution in [2.24, 2.45) is 0 Å². The molecule has 1 heterocycles. The van der Waals surface area contributed by atoms with E-state index in [-0.39, 0.29) is 0 Å². The van der Waals surface area contributed by atoms with Crippen LogP contribution in [-0.4, -0.2) is 36.6 Å². The molecule has 3 nitrogen and oxygen atoms in total. The zero-order valence-corrected chi connectivity index (χ0v) is 12.6. The van der Waals surface area contributed by atoms with E-state index >= 15 is 0 Å². The van der Waals surface area contributed by atoms with Crippen LogP contribution in [0.1, 0.15) is 41.8 Å². The predicted octanol–water partition coefficient (Wildman–Crippen LogP) is 2.45. The van der Waals surface area contributed by atoms with Gasteiger partial charge in [0, 0.05) is 30.4 Å². The first-order valence-electron chi connectivity index (χ1n) is 7.04. The monoisotopic (exact) mass is 267 g/mol. The standard InChI is InChI=1S/C14H25N3S/c1-4-5-12-13(10-15-11-6-7-11)18-14(16-12)8-9-17(2)3/h11,15H,4-10H2,1-3H3. The highest BCUT2D eigenvalue weighted by Gasteiger charge is 2.21. The fourth-order valence-corrected chi connectivity index (χ4v) is 3.01. The second-order valence-corrected chi connectivity index (χ2v) is 6.60. The molecule has 1 aliphatic carbocycles. The molecular formula is C14H25N3S. The van der Waals surface area contributed by atoms with Crippen LogP contribution >= 0.6 is 11.3 Å². The SMILES string of the molecule is CCCc1nc(CCN(C)C)sc1CNC1CC1. The van der Waals surface area contributed by atoms with Crippen LogP contribution in [0.2, 0.25) is 0 Å². The van der Waals surface area contributed by atoms with Gasteiger partial charge in [0.2, 0.25) is 0 Å². The molecule has 1 aliphatic rings. The first kappa shape index (κ1) is 14.0. The van der Waals surface area contributed by atoms with Crippen molar-refractivity contribution in [1.29, 1.82) is 0 Å². The van der Waals surface area contributed by atoms with Gasteiger partial charge in [-0.1, -0.05) is 13.3 Å².